The highest BCUT2D eigenvalue weighted by molar-refractivity contribution is 7.89. The zero-order chi connectivity index (χ0) is 22.4. The monoisotopic (exact) mass is 443 g/mol. The average Bonchev–Trinajstić information content (AvgIpc) is 3.25. The number of hydrogen-bond donors (Lipinski definition) is 2. The van der Waals surface area contributed by atoms with Gasteiger partial charge >= 0.3 is 5.91 Å². The maximum absolute atomic E-state index is 12.3. The van der Waals surface area contributed by atoms with Crippen molar-refractivity contribution in [1.29, 1.82) is 0 Å². The molecule has 0 radical (unpaired) electrons. The molecular weight excluding hydrogens is 422 g/mol. The molecule has 31 heavy (non-hydrogen) atoms. The number of amides is 2. The summed E-state index contributed by atoms with van der Waals surface area (Å²) in [4.78, 5) is 24.5. The third-order valence-corrected chi connectivity index (χ3v) is 5.99. The molecule has 1 heterocycles. The van der Waals surface area contributed by atoms with Gasteiger partial charge in [0.2, 0.25) is 10.0 Å². The molecule has 2 N–H and O–H groups in total. The molecule has 2 aromatic carbocycles. The zero-order valence-electron chi connectivity index (χ0n) is 16.9. The SMILES string of the molecule is CN(C)S(=O)(=O)c1cccc(C(=O)NNC(=O)c2ccc(COc3ccccc3)o2)c1. The van der Waals surface area contributed by atoms with E-state index in [-0.39, 0.29) is 22.8 Å². The maximum atomic E-state index is 12.3. The molecule has 3 rings (SSSR count). The van der Waals surface area contributed by atoms with Gasteiger partial charge in [0.15, 0.2) is 5.76 Å². The summed E-state index contributed by atoms with van der Waals surface area (Å²) in [5, 5.41) is 0. The molecule has 0 saturated carbocycles. The minimum Gasteiger partial charge on any atom is -0.486 e. The van der Waals surface area contributed by atoms with Crippen molar-refractivity contribution in [3.8, 4) is 5.75 Å². The molecule has 0 spiro atoms. The molecule has 162 valence electrons. The van der Waals surface area contributed by atoms with Crippen molar-refractivity contribution in [1.82, 2.24) is 15.2 Å². The number of nitrogens with one attached hydrogen (secondary N) is 2. The molecule has 0 unspecified atom stereocenters. The molecular formula is C21H21N3O6S. The number of carbonyl (C=O) groups excluding carboxylic acids is 2. The summed E-state index contributed by atoms with van der Waals surface area (Å²) in [5.74, 6) is -0.270. The first-order chi connectivity index (χ1) is 14.8. The van der Waals surface area contributed by atoms with Crippen molar-refractivity contribution in [3.63, 3.8) is 0 Å². The van der Waals surface area contributed by atoms with Gasteiger partial charge in [0.05, 0.1) is 4.90 Å². The summed E-state index contributed by atoms with van der Waals surface area (Å²) in [7, 11) is -0.904. The predicted molar refractivity (Wildman–Crippen MR) is 112 cm³/mol. The Labute approximate surface area is 179 Å². The third-order valence-electron chi connectivity index (χ3n) is 4.17. The van der Waals surface area contributed by atoms with E-state index in [2.05, 4.69) is 10.9 Å². The normalized spacial score (nSPS) is 11.2. The second-order valence-corrected chi connectivity index (χ2v) is 8.74. The van der Waals surface area contributed by atoms with E-state index in [1.165, 1.54) is 44.4 Å². The minimum absolute atomic E-state index is 0.0177. The van der Waals surface area contributed by atoms with E-state index < -0.39 is 21.8 Å². The number of para-hydroxylation sites is 1. The largest absolute Gasteiger partial charge is 0.486 e. The molecule has 0 fully saturated rings. The first kappa shape index (κ1) is 22.1. The van der Waals surface area contributed by atoms with Crippen LogP contribution in [0.2, 0.25) is 0 Å². The van der Waals surface area contributed by atoms with Gasteiger partial charge in [-0.3, -0.25) is 20.4 Å². The summed E-state index contributed by atoms with van der Waals surface area (Å²) in [6.45, 7) is 0.136. The average molecular weight is 443 g/mol. The van der Waals surface area contributed by atoms with Crippen LogP contribution in [0.3, 0.4) is 0 Å². The molecule has 0 atom stereocenters. The fraction of sp³-hybridized carbons (Fsp3) is 0.143. The van der Waals surface area contributed by atoms with Gasteiger partial charge < -0.3 is 9.15 Å². The molecule has 10 heteroatoms. The van der Waals surface area contributed by atoms with Gasteiger partial charge in [0.1, 0.15) is 18.1 Å². The Bertz CT molecular complexity index is 1170. The summed E-state index contributed by atoms with van der Waals surface area (Å²) >= 11 is 0. The molecule has 0 aliphatic rings. The quantitative estimate of drug-likeness (QED) is 0.541. The number of hydrogen-bond acceptors (Lipinski definition) is 6. The van der Waals surface area contributed by atoms with Crippen LogP contribution < -0.4 is 15.6 Å². The molecule has 0 aliphatic heterocycles. The number of nitrogens with zero attached hydrogens (tertiary/aromatic N) is 1. The lowest BCUT2D eigenvalue weighted by atomic mass is 10.2. The molecule has 2 amide bonds. The van der Waals surface area contributed by atoms with Gasteiger partial charge in [0.25, 0.3) is 5.91 Å². The lowest BCUT2D eigenvalue weighted by Crippen LogP contribution is -2.41. The van der Waals surface area contributed by atoms with Crippen LogP contribution in [0.15, 0.2) is 76.0 Å². The predicted octanol–water partition coefficient (Wildman–Crippen LogP) is 2.18. The Kier molecular flexibility index (Phi) is 6.73. The van der Waals surface area contributed by atoms with Gasteiger partial charge in [-0.15, -0.1) is 0 Å². The fourth-order valence-electron chi connectivity index (χ4n) is 2.50. The van der Waals surface area contributed by atoms with E-state index in [1.54, 1.807) is 18.2 Å². The van der Waals surface area contributed by atoms with Crippen molar-refractivity contribution in [2.24, 2.45) is 0 Å². The molecule has 0 aliphatic carbocycles. The van der Waals surface area contributed by atoms with Gasteiger partial charge in [-0.2, -0.15) is 0 Å². The van der Waals surface area contributed by atoms with Crippen LogP contribution in [0, 0.1) is 0 Å². The maximum Gasteiger partial charge on any atom is 0.305 e. The molecule has 0 bridgehead atoms. The number of rotatable bonds is 7. The van der Waals surface area contributed by atoms with Crippen LogP contribution in [0.5, 0.6) is 5.75 Å². The number of carbonyl (C=O) groups is 2. The summed E-state index contributed by atoms with van der Waals surface area (Å²) in [5.41, 5.74) is 4.54. The van der Waals surface area contributed by atoms with Crippen LogP contribution in [-0.4, -0.2) is 38.6 Å². The second-order valence-electron chi connectivity index (χ2n) is 6.59. The van der Waals surface area contributed by atoms with E-state index >= 15 is 0 Å². The van der Waals surface area contributed by atoms with Crippen LogP contribution in [0.4, 0.5) is 0 Å². The van der Waals surface area contributed by atoms with Crippen molar-refractivity contribution >= 4 is 21.8 Å². The smallest absolute Gasteiger partial charge is 0.305 e. The summed E-state index contributed by atoms with van der Waals surface area (Å²) in [6, 6.07) is 17.7. The highest BCUT2D eigenvalue weighted by atomic mass is 32.2. The second kappa shape index (κ2) is 9.45. The lowest BCUT2D eigenvalue weighted by molar-refractivity contribution is 0.0828. The lowest BCUT2D eigenvalue weighted by Gasteiger charge is -2.12. The molecule has 9 nitrogen and oxygen atoms in total. The Balaban J connectivity index is 1.57. The standard InChI is InChI=1S/C21H21N3O6S/c1-24(2)31(27,28)18-10-6-7-15(13-18)20(25)22-23-21(26)19-12-11-17(30-19)14-29-16-8-4-3-5-9-16/h3-13H,14H2,1-2H3,(H,22,25)(H,23,26). The van der Waals surface area contributed by atoms with E-state index in [0.717, 1.165) is 4.31 Å². The first-order valence-electron chi connectivity index (χ1n) is 9.17. The number of sulfonamides is 1. The summed E-state index contributed by atoms with van der Waals surface area (Å²) in [6.07, 6.45) is 0. The summed E-state index contributed by atoms with van der Waals surface area (Å²) < 4.78 is 36.4. The Morgan fingerprint density at radius 3 is 2.35 bits per heavy atom. The van der Waals surface area contributed by atoms with Crippen LogP contribution in [-0.2, 0) is 16.6 Å². The Hall–Kier alpha value is -3.63. The van der Waals surface area contributed by atoms with Gasteiger partial charge in [0, 0.05) is 19.7 Å². The van der Waals surface area contributed by atoms with Gasteiger partial charge in [-0.1, -0.05) is 24.3 Å². The van der Waals surface area contributed by atoms with Crippen molar-refractivity contribution in [3.05, 3.63) is 83.8 Å². The molecule has 1 aromatic heterocycles. The molecule has 3 aromatic rings. The Morgan fingerprint density at radius 2 is 1.65 bits per heavy atom. The van der Waals surface area contributed by atoms with E-state index in [4.69, 9.17) is 9.15 Å². The van der Waals surface area contributed by atoms with E-state index in [9.17, 15) is 18.0 Å². The zero-order valence-corrected chi connectivity index (χ0v) is 17.7. The number of ether oxygens (including phenoxy) is 1. The van der Waals surface area contributed by atoms with Gasteiger partial charge in [-0.05, 0) is 42.5 Å². The highest BCUT2D eigenvalue weighted by Crippen LogP contribution is 2.15. The van der Waals surface area contributed by atoms with Crippen LogP contribution >= 0.6 is 0 Å². The van der Waals surface area contributed by atoms with Crippen LogP contribution in [0.25, 0.3) is 0 Å². The highest BCUT2D eigenvalue weighted by Gasteiger charge is 2.19. The van der Waals surface area contributed by atoms with Crippen molar-refractivity contribution in [2.75, 3.05) is 14.1 Å². The van der Waals surface area contributed by atoms with Crippen LogP contribution in [0.1, 0.15) is 26.7 Å². The number of benzene rings is 2. The molecule has 0 saturated heterocycles. The topological polar surface area (TPSA) is 118 Å². The third kappa shape index (κ3) is 5.50. The fourth-order valence-corrected chi connectivity index (χ4v) is 3.45. The first-order valence-corrected chi connectivity index (χ1v) is 10.6. The minimum atomic E-state index is -3.69. The number of furan rings is 1. The number of hydrazine groups is 1. The van der Waals surface area contributed by atoms with E-state index in [0.29, 0.717) is 11.5 Å². The van der Waals surface area contributed by atoms with Crippen molar-refractivity contribution in [2.45, 2.75) is 11.5 Å². The van der Waals surface area contributed by atoms with Crippen molar-refractivity contribution < 1.29 is 27.2 Å². The van der Waals surface area contributed by atoms with Gasteiger partial charge in [-0.25, -0.2) is 12.7 Å². The Morgan fingerprint density at radius 1 is 0.935 bits per heavy atom. The van der Waals surface area contributed by atoms with E-state index in [1.807, 2.05) is 18.2 Å².